The van der Waals surface area contributed by atoms with Crippen LogP contribution in [0, 0.1) is 11.3 Å². The number of carboxylic acids is 1. The van der Waals surface area contributed by atoms with Crippen molar-refractivity contribution < 1.29 is 37.7 Å². The summed E-state index contributed by atoms with van der Waals surface area (Å²) in [6.07, 6.45) is -0.153. The predicted octanol–water partition coefficient (Wildman–Crippen LogP) is 3.55. The fourth-order valence-electron chi connectivity index (χ4n) is 6.42. The number of rotatable bonds is 8. The molecule has 1 aromatic carbocycles. The Hall–Kier alpha value is -3.32. The van der Waals surface area contributed by atoms with Crippen molar-refractivity contribution in [1.29, 1.82) is 0 Å². The second kappa shape index (κ2) is 12.1. The normalized spacial score (nSPS) is 24.6. The van der Waals surface area contributed by atoms with Crippen LogP contribution in [0.1, 0.15) is 67.6 Å². The van der Waals surface area contributed by atoms with Gasteiger partial charge in [0.05, 0.1) is 24.0 Å². The molecule has 2 fully saturated rings. The molecule has 1 saturated heterocycles. The number of morpholine rings is 1. The summed E-state index contributed by atoms with van der Waals surface area (Å²) < 4.78 is 39.7. The van der Waals surface area contributed by atoms with Crippen molar-refractivity contribution in [3.63, 3.8) is 0 Å². The number of carboxylic acid groups (broad SMARTS) is 1. The SMILES string of the molecule is Cn1nnc(COc2ccc(Cl)c3c2[C@@H](CN2CCOCC2=O)N(C(=O)[C@@H]2CCCC[C@]2(C)C(=O)O)CC3)c1C(F)F. The quantitative estimate of drug-likeness (QED) is 0.481. The van der Waals surface area contributed by atoms with E-state index in [1.54, 1.807) is 28.9 Å². The number of halogens is 3. The molecule has 0 unspecified atom stereocenters. The number of alkyl halides is 2. The molecule has 11 nitrogen and oxygen atoms in total. The number of aromatic nitrogens is 3. The summed E-state index contributed by atoms with van der Waals surface area (Å²) in [6.45, 7) is 2.26. The molecule has 1 N–H and O–H groups in total. The summed E-state index contributed by atoms with van der Waals surface area (Å²) in [5.74, 6) is -1.97. The molecular weight excluding hydrogens is 576 g/mol. The van der Waals surface area contributed by atoms with Gasteiger partial charge in [0.1, 0.15) is 30.4 Å². The zero-order valence-corrected chi connectivity index (χ0v) is 24.3. The van der Waals surface area contributed by atoms with Crippen LogP contribution in [0.4, 0.5) is 8.78 Å². The number of hydrogen-bond donors (Lipinski definition) is 1. The fourth-order valence-corrected chi connectivity index (χ4v) is 6.68. The van der Waals surface area contributed by atoms with Gasteiger partial charge in [0.15, 0.2) is 0 Å². The van der Waals surface area contributed by atoms with E-state index in [1.807, 2.05) is 0 Å². The highest BCUT2D eigenvalue weighted by atomic mass is 35.5. The number of benzene rings is 1. The lowest BCUT2D eigenvalue weighted by Crippen LogP contribution is -2.54. The third-order valence-corrected chi connectivity index (χ3v) is 9.20. The minimum atomic E-state index is -2.81. The Labute approximate surface area is 246 Å². The van der Waals surface area contributed by atoms with E-state index in [-0.39, 0.29) is 49.5 Å². The highest BCUT2D eigenvalue weighted by Gasteiger charge is 2.50. The second-order valence-electron chi connectivity index (χ2n) is 11.3. The van der Waals surface area contributed by atoms with Crippen LogP contribution in [0.15, 0.2) is 12.1 Å². The lowest BCUT2D eigenvalue weighted by Gasteiger charge is -2.45. The Morgan fingerprint density at radius 1 is 1.29 bits per heavy atom. The Kier molecular flexibility index (Phi) is 8.70. The van der Waals surface area contributed by atoms with Crippen LogP contribution in [0.25, 0.3) is 0 Å². The summed E-state index contributed by atoms with van der Waals surface area (Å²) in [5.41, 5.74) is -0.326. The molecule has 2 aliphatic heterocycles. The Morgan fingerprint density at radius 2 is 2.07 bits per heavy atom. The van der Waals surface area contributed by atoms with Crippen molar-refractivity contribution in [2.75, 3.05) is 32.8 Å². The van der Waals surface area contributed by atoms with Crippen LogP contribution < -0.4 is 4.74 Å². The first-order chi connectivity index (χ1) is 20.0. The molecule has 3 atom stereocenters. The molecule has 42 heavy (non-hydrogen) atoms. The molecule has 1 saturated carbocycles. The van der Waals surface area contributed by atoms with Crippen molar-refractivity contribution in [3.8, 4) is 5.75 Å². The first-order valence-corrected chi connectivity index (χ1v) is 14.4. The van der Waals surface area contributed by atoms with Crippen LogP contribution in [-0.4, -0.2) is 80.5 Å². The first-order valence-electron chi connectivity index (χ1n) is 14.0. The Balaban J connectivity index is 1.54. The van der Waals surface area contributed by atoms with Crippen molar-refractivity contribution in [3.05, 3.63) is 39.7 Å². The zero-order chi connectivity index (χ0) is 30.2. The van der Waals surface area contributed by atoms with Crippen LogP contribution in [0.3, 0.4) is 0 Å². The molecule has 228 valence electrons. The number of nitrogens with zero attached hydrogens (tertiary/aromatic N) is 5. The number of aryl methyl sites for hydroxylation is 1. The van der Waals surface area contributed by atoms with E-state index >= 15 is 0 Å². The van der Waals surface area contributed by atoms with Gasteiger partial charge in [-0.15, -0.1) is 5.10 Å². The van der Waals surface area contributed by atoms with E-state index < -0.39 is 29.8 Å². The van der Waals surface area contributed by atoms with Crippen molar-refractivity contribution in [2.24, 2.45) is 18.4 Å². The topological polar surface area (TPSA) is 127 Å². The van der Waals surface area contributed by atoms with Crippen LogP contribution in [0.2, 0.25) is 5.02 Å². The molecule has 1 aromatic heterocycles. The van der Waals surface area contributed by atoms with E-state index in [4.69, 9.17) is 21.1 Å². The standard InChI is InChI=1S/C28H34ClF2N5O6/c1-28(27(39)40)9-4-3-5-17(28)26(38)36-10-8-16-18(29)6-7-21(42-14-19-24(25(30)31)34(2)33-32-19)23(16)20(36)13-35-11-12-41-15-22(35)37/h6-7,17,20,25H,3-5,8-15H2,1-2H3,(H,39,40)/t17-,20+,28-/m0/s1. The number of amides is 2. The maximum absolute atomic E-state index is 14.3. The third kappa shape index (κ3) is 5.56. The number of ether oxygens (including phenoxy) is 2. The summed E-state index contributed by atoms with van der Waals surface area (Å²) >= 11 is 6.64. The molecule has 14 heteroatoms. The molecule has 5 rings (SSSR count). The van der Waals surface area contributed by atoms with Crippen molar-refractivity contribution in [2.45, 2.75) is 58.1 Å². The van der Waals surface area contributed by atoms with Gasteiger partial charge in [0.2, 0.25) is 11.8 Å². The van der Waals surface area contributed by atoms with Crippen LogP contribution in [0.5, 0.6) is 5.75 Å². The number of hydrogen-bond acceptors (Lipinski definition) is 7. The molecule has 3 heterocycles. The number of carbonyl (C=O) groups excluding carboxylic acids is 2. The van der Waals surface area contributed by atoms with Crippen molar-refractivity contribution >= 4 is 29.4 Å². The van der Waals surface area contributed by atoms with Gasteiger partial charge in [-0.1, -0.05) is 29.7 Å². The smallest absolute Gasteiger partial charge is 0.310 e. The number of carbonyl (C=O) groups is 3. The lowest BCUT2D eigenvalue weighted by molar-refractivity contribution is -0.163. The molecule has 1 aliphatic carbocycles. The van der Waals surface area contributed by atoms with E-state index in [2.05, 4.69) is 10.3 Å². The first kappa shape index (κ1) is 30.1. The second-order valence-corrected chi connectivity index (χ2v) is 11.7. The number of fused-ring (bicyclic) bond motifs is 1. The fraction of sp³-hybridized carbons (Fsp3) is 0.607. The van der Waals surface area contributed by atoms with Gasteiger partial charge < -0.3 is 24.4 Å². The van der Waals surface area contributed by atoms with Crippen LogP contribution in [-0.2, 0) is 39.2 Å². The third-order valence-electron chi connectivity index (χ3n) is 8.84. The average Bonchev–Trinajstić information content (AvgIpc) is 3.34. The summed E-state index contributed by atoms with van der Waals surface area (Å²) in [5, 5.41) is 18.1. The van der Waals surface area contributed by atoms with Gasteiger partial charge in [-0.3, -0.25) is 14.4 Å². The highest BCUT2D eigenvalue weighted by Crippen LogP contribution is 2.46. The zero-order valence-electron chi connectivity index (χ0n) is 23.5. The summed E-state index contributed by atoms with van der Waals surface area (Å²) in [4.78, 5) is 42.7. The van der Waals surface area contributed by atoms with Gasteiger partial charge in [0, 0.05) is 37.3 Å². The Morgan fingerprint density at radius 3 is 2.79 bits per heavy atom. The maximum Gasteiger partial charge on any atom is 0.310 e. The average molecular weight is 610 g/mol. The van der Waals surface area contributed by atoms with E-state index in [1.165, 1.54) is 7.05 Å². The van der Waals surface area contributed by atoms with Crippen LogP contribution >= 0.6 is 11.6 Å². The Bertz CT molecular complexity index is 1370. The van der Waals surface area contributed by atoms with Gasteiger partial charge in [-0.05, 0) is 43.9 Å². The van der Waals surface area contributed by atoms with Crippen molar-refractivity contribution in [1.82, 2.24) is 24.8 Å². The van der Waals surface area contributed by atoms with E-state index in [0.717, 1.165) is 23.1 Å². The minimum Gasteiger partial charge on any atom is -0.487 e. The molecule has 0 bridgehead atoms. The highest BCUT2D eigenvalue weighted by molar-refractivity contribution is 6.31. The molecule has 0 spiro atoms. The van der Waals surface area contributed by atoms with E-state index in [9.17, 15) is 28.3 Å². The predicted molar refractivity (Wildman–Crippen MR) is 145 cm³/mol. The molecular formula is C28H34ClF2N5O6. The molecule has 0 radical (unpaired) electrons. The summed E-state index contributed by atoms with van der Waals surface area (Å²) in [7, 11) is 1.37. The van der Waals surface area contributed by atoms with Gasteiger partial charge in [0.25, 0.3) is 6.43 Å². The van der Waals surface area contributed by atoms with Gasteiger partial charge >= 0.3 is 5.97 Å². The van der Waals surface area contributed by atoms with Gasteiger partial charge in [-0.2, -0.15) is 0 Å². The molecule has 2 amide bonds. The molecule has 3 aliphatic rings. The monoisotopic (exact) mass is 609 g/mol. The number of aliphatic carboxylic acids is 1. The molecule has 2 aromatic rings. The van der Waals surface area contributed by atoms with Gasteiger partial charge in [-0.25, -0.2) is 13.5 Å². The lowest BCUT2D eigenvalue weighted by atomic mass is 9.66. The minimum absolute atomic E-state index is 0.0284. The van der Waals surface area contributed by atoms with E-state index in [0.29, 0.717) is 48.7 Å². The maximum atomic E-state index is 14.3. The summed E-state index contributed by atoms with van der Waals surface area (Å²) in [6, 6.07) is 2.55. The largest absolute Gasteiger partial charge is 0.487 e.